The van der Waals surface area contributed by atoms with Gasteiger partial charge in [0, 0.05) is 86.7 Å². The van der Waals surface area contributed by atoms with Crippen LogP contribution in [0.3, 0.4) is 0 Å². The first kappa shape index (κ1) is 26.3. The number of nitrogens with zero attached hydrogens (tertiary/aromatic N) is 7. The van der Waals surface area contributed by atoms with E-state index in [2.05, 4.69) is 21.8 Å². The van der Waals surface area contributed by atoms with Crippen LogP contribution in [0.2, 0.25) is 0 Å². The van der Waals surface area contributed by atoms with Crippen molar-refractivity contribution in [1.82, 2.24) is 34.5 Å². The maximum absolute atomic E-state index is 13.2. The van der Waals surface area contributed by atoms with Gasteiger partial charge in [-0.1, -0.05) is 31.4 Å². The van der Waals surface area contributed by atoms with Crippen LogP contribution in [0.15, 0.2) is 67.3 Å². The van der Waals surface area contributed by atoms with E-state index in [4.69, 9.17) is 10.1 Å². The second-order valence-corrected chi connectivity index (χ2v) is 10.8. The maximum atomic E-state index is 13.2. The van der Waals surface area contributed by atoms with E-state index >= 15 is 0 Å². The van der Waals surface area contributed by atoms with Crippen LogP contribution in [-0.2, 0) is 13.0 Å². The lowest BCUT2D eigenvalue weighted by atomic mass is 9.94. The van der Waals surface area contributed by atoms with E-state index in [9.17, 15) is 4.79 Å². The second kappa shape index (κ2) is 12.1. The number of hydrogen-bond acceptors (Lipinski definition) is 6. The van der Waals surface area contributed by atoms with Crippen molar-refractivity contribution in [2.24, 2.45) is 0 Å². The Labute approximate surface area is 236 Å². The highest BCUT2D eigenvalue weighted by molar-refractivity contribution is 5.94. The third-order valence-electron chi connectivity index (χ3n) is 8.26. The molecule has 1 amide bonds. The first-order chi connectivity index (χ1) is 19.7. The standard InChI is InChI=1S/C32H37N7O/c1-2-39-23-28(31(36-39)26-7-6-15-33-22-26)29-14-16-34-30(35-29)21-24-10-12-25(13-11-24)32(40)38-19-17-37(18-20-38)27-8-4-3-5-9-27/h6-7,10-16,22-23,27H,2-5,8-9,17-21H2,1H3. The molecule has 40 heavy (non-hydrogen) atoms. The Morgan fingerprint density at radius 1 is 0.950 bits per heavy atom. The van der Waals surface area contributed by atoms with E-state index in [0.717, 1.165) is 78.2 Å². The Morgan fingerprint density at radius 2 is 1.75 bits per heavy atom. The van der Waals surface area contributed by atoms with Gasteiger partial charge in [0.15, 0.2) is 0 Å². The van der Waals surface area contributed by atoms with Gasteiger partial charge in [-0.3, -0.25) is 19.4 Å². The van der Waals surface area contributed by atoms with E-state index in [-0.39, 0.29) is 5.91 Å². The lowest BCUT2D eigenvalue weighted by Gasteiger charge is -2.40. The molecule has 206 valence electrons. The average molecular weight is 536 g/mol. The van der Waals surface area contributed by atoms with Gasteiger partial charge in [0.25, 0.3) is 5.91 Å². The molecule has 1 saturated heterocycles. The van der Waals surface area contributed by atoms with Crippen LogP contribution in [-0.4, -0.2) is 72.7 Å². The zero-order chi connectivity index (χ0) is 27.3. The van der Waals surface area contributed by atoms with Crippen molar-refractivity contribution in [3.8, 4) is 22.5 Å². The molecule has 0 atom stereocenters. The summed E-state index contributed by atoms with van der Waals surface area (Å²) < 4.78 is 1.92. The fraction of sp³-hybridized carbons (Fsp3) is 0.406. The third kappa shape index (κ3) is 5.82. The minimum atomic E-state index is 0.129. The Bertz CT molecular complexity index is 1420. The Balaban J connectivity index is 1.12. The molecule has 0 spiro atoms. The molecule has 0 unspecified atom stereocenters. The molecule has 2 aliphatic rings. The van der Waals surface area contributed by atoms with Crippen LogP contribution in [0, 0.1) is 0 Å². The maximum Gasteiger partial charge on any atom is 0.253 e. The van der Waals surface area contributed by atoms with Crippen molar-refractivity contribution >= 4 is 5.91 Å². The Kier molecular flexibility index (Phi) is 7.95. The molecule has 4 heterocycles. The predicted molar refractivity (Wildman–Crippen MR) is 156 cm³/mol. The number of rotatable bonds is 7. The Hall–Kier alpha value is -3.91. The van der Waals surface area contributed by atoms with Gasteiger partial charge in [-0.05, 0) is 55.7 Å². The van der Waals surface area contributed by atoms with Crippen LogP contribution in [0.5, 0.6) is 0 Å². The molecule has 2 fully saturated rings. The topological polar surface area (TPSA) is 80.0 Å². The summed E-state index contributed by atoms with van der Waals surface area (Å²) in [4.78, 5) is 31.5. The van der Waals surface area contributed by atoms with Gasteiger partial charge in [-0.15, -0.1) is 0 Å². The summed E-state index contributed by atoms with van der Waals surface area (Å²) in [5.74, 6) is 0.862. The lowest BCUT2D eigenvalue weighted by Crippen LogP contribution is -2.52. The summed E-state index contributed by atoms with van der Waals surface area (Å²) in [6.07, 6.45) is 14.7. The van der Waals surface area contributed by atoms with Gasteiger partial charge in [0.05, 0.1) is 5.69 Å². The molecule has 1 aliphatic heterocycles. The number of aromatic nitrogens is 5. The number of benzene rings is 1. The average Bonchev–Trinajstić information content (AvgIpc) is 3.47. The molecule has 1 saturated carbocycles. The molecule has 8 nitrogen and oxygen atoms in total. The second-order valence-electron chi connectivity index (χ2n) is 10.8. The molecule has 0 bridgehead atoms. The monoisotopic (exact) mass is 535 g/mol. The molecular formula is C32H37N7O. The number of aryl methyl sites for hydroxylation is 1. The van der Waals surface area contributed by atoms with Gasteiger partial charge in [-0.2, -0.15) is 5.10 Å². The molecule has 4 aromatic rings. The summed E-state index contributed by atoms with van der Waals surface area (Å²) in [5.41, 5.74) is 5.44. The number of pyridine rings is 1. The molecule has 0 radical (unpaired) electrons. The third-order valence-corrected chi connectivity index (χ3v) is 8.26. The first-order valence-electron chi connectivity index (χ1n) is 14.6. The van der Waals surface area contributed by atoms with Gasteiger partial charge >= 0.3 is 0 Å². The quantitative estimate of drug-likeness (QED) is 0.328. The number of piperazine rings is 1. The van der Waals surface area contributed by atoms with Crippen LogP contribution >= 0.6 is 0 Å². The van der Waals surface area contributed by atoms with Crippen molar-refractivity contribution in [1.29, 1.82) is 0 Å². The van der Waals surface area contributed by atoms with E-state index in [1.807, 2.05) is 64.4 Å². The van der Waals surface area contributed by atoms with Gasteiger partial charge in [-0.25, -0.2) is 9.97 Å². The molecule has 1 aromatic carbocycles. The minimum Gasteiger partial charge on any atom is -0.336 e. The van der Waals surface area contributed by atoms with Crippen LogP contribution in [0.4, 0.5) is 0 Å². The van der Waals surface area contributed by atoms with Crippen molar-refractivity contribution in [3.63, 3.8) is 0 Å². The molecule has 8 heteroatoms. The number of carbonyl (C=O) groups excluding carboxylic acids is 1. The summed E-state index contributed by atoms with van der Waals surface area (Å²) in [6.45, 7) is 6.44. The highest BCUT2D eigenvalue weighted by atomic mass is 16.2. The van der Waals surface area contributed by atoms with Gasteiger partial charge < -0.3 is 4.90 Å². The summed E-state index contributed by atoms with van der Waals surface area (Å²) in [6, 6.07) is 14.5. The van der Waals surface area contributed by atoms with E-state index in [1.165, 1.54) is 32.1 Å². The molecule has 6 rings (SSSR count). The number of amides is 1. The SMILES string of the molecule is CCn1cc(-c2ccnc(Cc3ccc(C(=O)N4CCN(C5CCCCC5)CC4)cc3)n2)c(-c2cccnc2)n1. The van der Waals surface area contributed by atoms with Crippen molar-refractivity contribution < 1.29 is 4.79 Å². The Morgan fingerprint density at radius 3 is 2.48 bits per heavy atom. The highest BCUT2D eigenvalue weighted by Gasteiger charge is 2.27. The van der Waals surface area contributed by atoms with Crippen LogP contribution < -0.4 is 0 Å². The zero-order valence-electron chi connectivity index (χ0n) is 23.2. The number of hydrogen-bond donors (Lipinski definition) is 0. The minimum absolute atomic E-state index is 0.129. The highest BCUT2D eigenvalue weighted by Crippen LogP contribution is 2.29. The lowest BCUT2D eigenvalue weighted by molar-refractivity contribution is 0.0523. The molecule has 0 N–H and O–H groups in total. The summed E-state index contributed by atoms with van der Waals surface area (Å²) in [7, 11) is 0. The van der Waals surface area contributed by atoms with E-state index in [0.29, 0.717) is 6.42 Å². The fourth-order valence-electron chi connectivity index (χ4n) is 5.99. The van der Waals surface area contributed by atoms with Crippen LogP contribution in [0.25, 0.3) is 22.5 Å². The molecule has 3 aromatic heterocycles. The first-order valence-corrected chi connectivity index (χ1v) is 14.6. The van der Waals surface area contributed by atoms with E-state index in [1.54, 1.807) is 12.4 Å². The van der Waals surface area contributed by atoms with Crippen molar-refractivity contribution in [2.75, 3.05) is 26.2 Å². The van der Waals surface area contributed by atoms with E-state index < -0.39 is 0 Å². The summed E-state index contributed by atoms with van der Waals surface area (Å²) >= 11 is 0. The zero-order valence-corrected chi connectivity index (χ0v) is 23.2. The van der Waals surface area contributed by atoms with Crippen molar-refractivity contribution in [3.05, 3.63) is 84.2 Å². The summed E-state index contributed by atoms with van der Waals surface area (Å²) in [5, 5.41) is 4.76. The smallest absolute Gasteiger partial charge is 0.253 e. The van der Waals surface area contributed by atoms with Gasteiger partial charge in [0.1, 0.15) is 11.5 Å². The molecular weight excluding hydrogens is 498 g/mol. The normalized spacial score (nSPS) is 16.8. The molecule has 1 aliphatic carbocycles. The van der Waals surface area contributed by atoms with Crippen LogP contribution in [0.1, 0.15) is 60.8 Å². The van der Waals surface area contributed by atoms with Gasteiger partial charge in [0.2, 0.25) is 0 Å². The fourth-order valence-corrected chi connectivity index (χ4v) is 5.99. The number of carbonyl (C=O) groups is 1. The largest absolute Gasteiger partial charge is 0.336 e. The van der Waals surface area contributed by atoms with Crippen molar-refractivity contribution in [2.45, 2.75) is 58.0 Å². The predicted octanol–water partition coefficient (Wildman–Crippen LogP) is 5.10.